The fourth-order valence-electron chi connectivity index (χ4n) is 5.67. The van der Waals surface area contributed by atoms with Gasteiger partial charge >= 0.3 is 0 Å². The second kappa shape index (κ2) is 9.90. The number of aryl methyl sites for hydroxylation is 1. The van der Waals surface area contributed by atoms with E-state index in [4.69, 9.17) is 23.2 Å². The minimum Gasteiger partial charge on any atom is -0.322 e. The Morgan fingerprint density at radius 2 is 1.63 bits per heavy atom. The predicted molar refractivity (Wildman–Crippen MR) is 154 cm³/mol. The number of carbonyl (C=O) groups is 2. The standard InChI is InChI=1S/C33H25Cl2NO2/c1-19-17-21(10-16-31(19)36-33(38)29-13-11-22(34)18-30(29)35)32(37)28-8-4-7-24-26-12-9-20-5-2-3-6-23(20)25(26)14-15-27(24)28/h2-3,5-6,9-11,13-18H,4,7-8,12H2,1H3,(H,36,38). The van der Waals surface area contributed by atoms with E-state index in [9.17, 15) is 9.59 Å². The maximum Gasteiger partial charge on any atom is 0.257 e. The fraction of sp³-hybridized carbons (Fsp3) is 0.152. The molecule has 2 aliphatic rings. The molecule has 0 aromatic heterocycles. The summed E-state index contributed by atoms with van der Waals surface area (Å²) in [5.74, 6) is -0.277. The summed E-state index contributed by atoms with van der Waals surface area (Å²) in [5, 5.41) is 8.57. The van der Waals surface area contributed by atoms with Crippen LogP contribution < -0.4 is 15.8 Å². The molecule has 2 aliphatic carbocycles. The number of halogens is 2. The summed E-state index contributed by atoms with van der Waals surface area (Å²) >= 11 is 12.2. The lowest BCUT2D eigenvalue weighted by Crippen LogP contribution is -2.25. The summed E-state index contributed by atoms with van der Waals surface area (Å²) in [6.45, 7) is 1.89. The molecular weight excluding hydrogens is 513 g/mol. The van der Waals surface area contributed by atoms with Crippen LogP contribution in [0.5, 0.6) is 0 Å². The molecule has 0 saturated carbocycles. The van der Waals surface area contributed by atoms with E-state index in [2.05, 4.69) is 47.8 Å². The summed E-state index contributed by atoms with van der Waals surface area (Å²) in [4.78, 5) is 26.5. The number of hydrogen-bond acceptors (Lipinski definition) is 2. The third-order valence-electron chi connectivity index (χ3n) is 7.57. The van der Waals surface area contributed by atoms with Gasteiger partial charge in [0.25, 0.3) is 5.91 Å². The van der Waals surface area contributed by atoms with Crippen LogP contribution in [0.15, 0.2) is 72.8 Å². The number of carbonyl (C=O) groups excluding carboxylic acids is 2. The maximum atomic E-state index is 13.8. The van der Waals surface area contributed by atoms with E-state index < -0.39 is 0 Å². The average molecular weight is 538 g/mol. The van der Waals surface area contributed by atoms with Crippen molar-refractivity contribution in [3.63, 3.8) is 0 Å². The Hall–Kier alpha value is -3.66. The van der Waals surface area contributed by atoms with Crippen LogP contribution in [-0.4, -0.2) is 11.7 Å². The van der Waals surface area contributed by atoms with Crippen molar-refractivity contribution in [2.75, 3.05) is 5.32 Å². The first kappa shape index (κ1) is 24.7. The van der Waals surface area contributed by atoms with Crippen LogP contribution in [0, 0.1) is 17.4 Å². The van der Waals surface area contributed by atoms with Crippen LogP contribution in [0.1, 0.15) is 50.2 Å². The van der Waals surface area contributed by atoms with Crippen LogP contribution in [-0.2, 0) is 12.8 Å². The molecular formula is C33H25Cl2NO2. The van der Waals surface area contributed by atoms with Crippen molar-refractivity contribution < 1.29 is 9.59 Å². The first-order valence-corrected chi connectivity index (χ1v) is 13.5. The molecule has 0 bridgehead atoms. The second-order valence-electron chi connectivity index (χ2n) is 9.88. The van der Waals surface area contributed by atoms with Gasteiger partial charge in [0.1, 0.15) is 0 Å². The monoisotopic (exact) mass is 537 g/mol. The van der Waals surface area contributed by atoms with Crippen LogP contribution >= 0.6 is 23.2 Å². The Bertz CT molecular complexity index is 1870. The summed E-state index contributed by atoms with van der Waals surface area (Å²) in [6, 6.07) is 23.0. The highest BCUT2D eigenvalue weighted by atomic mass is 35.5. The van der Waals surface area contributed by atoms with E-state index in [0.717, 1.165) is 42.0 Å². The minimum atomic E-state index is -0.326. The molecule has 0 fully saturated rings. The number of hydrogen-bond donors (Lipinski definition) is 1. The Kier molecular flexibility index (Phi) is 6.43. The molecule has 188 valence electrons. The van der Waals surface area contributed by atoms with E-state index in [0.29, 0.717) is 21.8 Å². The second-order valence-corrected chi connectivity index (χ2v) is 10.7. The van der Waals surface area contributed by atoms with Gasteiger partial charge in [-0.25, -0.2) is 0 Å². The van der Waals surface area contributed by atoms with E-state index in [1.54, 1.807) is 30.3 Å². The van der Waals surface area contributed by atoms with Crippen molar-refractivity contribution in [2.24, 2.45) is 0 Å². The number of nitrogens with one attached hydrogen (secondary N) is 1. The number of Topliss-reactive ketones (excluding diaryl/α,β-unsaturated/α-hetero) is 1. The van der Waals surface area contributed by atoms with Crippen LogP contribution in [0.3, 0.4) is 0 Å². The number of benzene rings is 4. The van der Waals surface area contributed by atoms with Gasteiger partial charge in [0.2, 0.25) is 0 Å². The van der Waals surface area contributed by atoms with Gasteiger partial charge in [-0.15, -0.1) is 0 Å². The Morgan fingerprint density at radius 3 is 2.45 bits per heavy atom. The first-order valence-electron chi connectivity index (χ1n) is 12.8. The van der Waals surface area contributed by atoms with Crippen molar-refractivity contribution in [1.82, 2.24) is 0 Å². The number of fused-ring (bicyclic) bond motifs is 4. The number of ketones is 1. The fourth-order valence-corrected chi connectivity index (χ4v) is 6.17. The third kappa shape index (κ3) is 4.36. The molecule has 4 aromatic rings. The summed E-state index contributed by atoms with van der Waals surface area (Å²) in [6.07, 6.45) is 5.89. The largest absolute Gasteiger partial charge is 0.322 e. The highest BCUT2D eigenvalue weighted by Crippen LogP contribution is 2.27. The Morgan fingerprint density at radius 1 is 0.816 bits per heavy atom. The minimum absolute atomic E-state index is 0.0489. The lowest BCUT2D eigenvalue weighted by atomic mass is 9.83. The summed E-state index contributed by atoms with van der Waals surface area (Å²) < 4.78 is 0. The zero-order valence-electron chi connectivity index (χ0n) is 20.9. The van der Waals surface area contributed by atoms with Gasteiger partial charge < -0.3 is 5.32 Å². The van der Waals surface area contributed by atoms with E-state index in [1.807, 2.05) is 13.0 Å². The smallest absolute Gasteiger partial charge is 0.257 e. The van der Waals surface area contributed by atoms with Crippen LogP contribution in [0.25, 0.3) is 11.6 Å². The van der Waals surface area contributed by atoms with Gasteiger partial charge in [-0.3, -0.25) is 9.59 Å². The van der Waals surface area contributed by atoms with E-state index in [1.165, 1.54) is 26.8 Å². The zero-order valence-corrected chi connectivity index (χ0v) is 22.4. The number of anilines is 1. The third-order valence-corrected chi connectivity index (χ3v) is 8.12. The molecule has 4 aromatic carbocycles. The molecule has 5 heteroatoms. The van der Waals surface area contributed by atoms with E-state index in [-0.39, 0.29) is 16.7 Å². The lowest BCUT2D eigenvalue weighted by molar-refractivity contribution is 0.102. The van der Waals surface area contributed by atoms with Crippen molar-refractivity contribution in [2.45, 2.75) is 32.6 Å². The maximum absolute atomic E-state index is 13.8. The van der Waals surface area contributed by atoms with Crippen molar-refractivity contribution in [3.8, 4) is 0 Å². The highest BCUT2D eigenvalue weighted by Gasteiger charge is 2.21. The van der Waals surface area contributed by atoms with E-state index >= 15 is 0 Å². The molecule has 0 spiro atoms. The molecule has 6 rings (SSSR count). The van der Waals surface area contributed by atoms with Gasteiger partial charge in [0, 0.05) is 21.8 Å². The molecule has 0 heterocycles. The molecule has 38 heavy (non-hydrogen) atoms. The molecule has 0 radical (unpaired) electrons. The Labute approximate surface area is 230 Å². The van der Waals surface area contributed by atoms with Gasteiger partial charge in [-0.1, -0.05) is 65.7 Å². The molecule has 3 nitrogen and oxygen atoms in total. The molecule has 0 atom stereocenters. The molecule has 1 N–H and O–H groups in total. The summed E-state index contributed by atoms with van der Waals surface area (Å²) in [5.41, 5.74) is 5.94. The molecule has 1 amide bonds. The first-order chi connectivity index (χ1) is 18.4. The zero-order chi connectivity index (χ0) is 26.4. The normalized spacial score (nSPS) is 13.6. The number of rotatable bonds is 4. The van der Waals surface area contributed by atoms with Crippen LogP contribution in [0.2, 0.25) is 10.0 Å². The SMILES string of the molecule is Cc1cc(C(=O)C2=c3ccc4c(c3CCC2)CC=c2ccccc2=4)ccc1NC(=O)c1ccc(Cl)cc1Cl. The quantitative estimate of drug-likeness (QED) is 0.300. The average Bonchev–Trinajstić information content (AvgIpc) is 2.93. The van der Waals surface area contributed by atoms with Crippen molar-refractivity contribution in [1.29, 1.82) is 0 Å². The van der Waals surface area contributed by atoms with Gasteiger partial charge in [-0.2, -0.15) is 0 Å². The van der Waals surface area contributed by atoms with Gasteiger partial charge in [-0.05, 0) is 107 Å². The van der Waals surface area contributed by atoms with Crippen molar-refractivity contribution in [3.05, 3.63) is 132 Å². The predicted octanol–water partition coefficient (Wildman–Crippen LogP) is 6.55. The Balaban J connectivity index is 1.35. The van der Waals surface area contributed by atoms with Gasteiger partial charge in [0.15, 0.2) is 5.78 Å². The van der Waals surface area contributed by atoms with Gasteiger partial charge in [0.05, 0.1) is 10.6 Å². The highest BCUT2D eigenvalue weighted by molar-refractivity contribution is 6.37. The number of amides is 1. The topological polar surface area (TPSA) is 46.2 Å². The van der Waals surface area contributed by atoms with Crippen LogP contribution in [0.4, 0.5) is 5.69 Å². The molecule has 0 saturated heterocycles. The van der Waals surface area contributed by atoms with Crippen molar-refractivity contribution >= 4 is 52.2 Å². The summed E-state index contributed by atoms with van der Waals surface area (Å²) in [7, 11) is 0. The molecule has 0 unspecified atom stereocenters. The lowest BCUT2D eigenvalue weighted by Gasteiger charge is -2.20. The molecule has 0 aliphatic heterocycles.